The second kappa shape index (κ2) is 7.16. The van der Waals surface area contributed by atoms with E-state index in [1.54, 1.807) is 0 Å². The predicted octanol–water partition coefficient (Wildman–Crippen LogP) is 3.82. The minimum absolute atomic E-state index is 0.0614. The summed E-state index contributed by atoms with van der Waals surface area (Å²) in [5.41, 5.74) is 4.43. The highest BCUT2D eigenvalue weighted by Crippen LogP contribution is 2.29. The predicted molar refractivity (Wildman–Crippen MR) is 109 cm³/mol. The molecule has 28 heavy (non-hydrogen) atoms. The number of hydrogen-bond acceptors (Lipinski definition) is 5. The first-order chi connectivity index (χ1) is 13.8. The molecule has 2 aromatic heterocycles. The molecule has 0 bridgehead atoms. The first-order valence-corrected chi connectivity index (χ1v) is 10.1. The van der Waals surface area contributed by atoms with E-state index in [9.17, 15) is 4.79 Å². The second-order valence-electron chi connectivity index (χ2n) is 6.71. The number of anilines is 1. The van der Waals surface area contributed by atoms with Crippen molar-refractivity contribution in [1.29, 1.82) is 0 Å². The number of nitrogens with zero attached hydrogens (tertiary/aromatic N) is 3. The van der Waals surface area contributed by atoms with Gasteiger partial charge in [0.25, 0.3) is 5.22 Å². The SMILES string of the molecule is O=C(CSc1nnc(Cc2c[nH]c3ccccc23)o1)N1CCc2ccccc21. The van der Waals surface area contributed by atoms with E-state index in [1.165, 1.54) is 17.3 Å². The first kappa shape index (κ1) is 17.1. The molecule has 0 spiro atoms. The van der Waals surface area contributed by atoms with E-state index in [0.29, 0.717) is 17.5 Å². The smallest absolute Gasteiger partial charge is 0.277 e. The zero-order chi connectivity index (χ0) is 18.9. The topological polar surface area (TPSA) is 75.0 Å². The number of nitrogens with one attached hydrogen (secondary N) is 1. The first-order valence-electron chi connectivity index (χ1n) is 9.16. The summed E-state index contributed by atoms with van der Waals surface area (Å²) in [5, 5.41) is 9.80. The van der Waals surface area contributed by atoms with Gasteiger partial charge in [0, 0.05) is 29.3 Å². The molecule has 0 saturated heterocycles. The maximum atomic E-state index is 12.6. The molecule has 1 amide bonds. The lowest BCUT2D eigenvalue weighted by Gasteiger charge is -2.16. The lowest BCUT2D eigenvalue weighted by atomic mass is 10.1. The van der Waals surface area contributed by atoms with E-state index in [0.717, 1.165) is 35.1 Å². The van der Waals surface area contributed by atoms with E-state index in [1.807, 2.05) is 47.5 Å². The molecule has 0 radical (unpaired) electrons. The van der Waals surface area contributed by atoms with Crippen molar-refractivity contribution >= 4 is 34.3 Å². The third-order valence-corrected chi connectivity index (χ3v) is 5.78. The standard InChI is InChI=1S/C21H18N4O2S/c26-20(25-10-9-14-5-1-4-8-18(14)25)13-28-21-24-23-19(27-21)11-15-12-22-17-7-3-2-6-16(15)17/h1-8,12,22H,9-11,13H2. The van der Waals surface area contributed by atoms with Gasteiger partial charge in [-0.05, 0) is 29.7 Å². The van der Waals surface area contributed by atoms with Crippen LogP contribution in [0.3, 0.4) is 0 Å². The largest absolute Gasteiger partial charge is 0.416 e. The lowest BCUT2D eigenvalue weighted by Crippen LogP contribution is -2.30. The van der Waals surface area contributed by atoms with Gasteiger partial charge in [-0.25, -0.2) is 0 Å². The summed E-state index contributed by atoms with van der Waals surface area (Å²) < 4.78 is 5.74. The molecular weight excluding hydrogens is 372 g/mol. The summed E-state index contributed by atoms with van der Waals surface area (Å²) in [4.78, 5) is 17.7. The average Bonchev–Trinajstić information content (AvgIpc) is 3.45. The van der Waals surface area contributed by atoms with Crippen LogP contribution >= 0.6 is 11.8 Å². The van der Waals surface area contributed by atoms with Crippen LogP contribution in [0.2, 0.25) is 0 Å². The van der Waals surface area contributed by atoms with E-state index in [4.69, 9.17) is 4.42 Å². The van der Waals surface area contributed by atoms with E-state index in [-0.39, 0.29) is 11.7 Å². The Balaban J connectivity index is 1.23. The lowest BCUT2D eigenvalue weighted by molar-refractivity contribution is -0.116. The van der Waals surface area contributed by atoms with Gasteiger partial charge in [-0.15, -0.1) is 10.2 Å². The second-order valence-corrected chi connectivity index (χ2v) is 7.64. The van der Waals surface area contributed by atoms with Gasteiger partial charge in [-0.3, -0.25) is 4.79 Å². The molecule has 4 aromatic rings. The molecule has 0 fully saturated rings. The number of thioether (sulfide) groups is 1. The molecule has 5 rings (SSSR count). The fraction of sp³-hybridized carbons (Fsp3) is 0.190. The quantitative estimate of drug-likeness (QED) is 0.524. The van der Waals surface area contributed by atoms with Crippen molar-refractivity contribution in [2.45, 2.75) is 18.1 Å². The van der Waals surface area contributed by atoms with Gasteiger partial charge in [-0.1, -0.05) is 48.2 Å². The van der Waals surface area contributed by atoms with Gasteiger partial charge in [0.15, 0.2) is 0 Å². The monoisotopic (exact) mass is 390 g/mol. The number of aromatic nitrogens is 3. The molecule has 3 heterocycles. The highest BCUT2D eigenvalue weighted by molar-refractivity contribution is 7.99. The maximum Gasteiger partial charge on any atom is 0.277 e. The fourth-order valence-corrected chi connectivity index (χ4v) is 4.26. The number of rotatable bonds is 5. The van der Waals surface area contributed by atoms with Crippen molar-refractivity contribution in [2.24, 2.45) is 0 Å². The molecule has 2 aromatic carbocycles. The van der Waals surface area contributed by atoms with Gasteiger partial charge < -0.3 is 14.3 Å². The number of benzene rings is 2. The molecule has 7 heteroatoms. The van der Waals surface area contributed by atoms with Gasteiger partial charge in [0.05, 0.1) is 12.2 Å². The third kappa shape index (κ3) is 3.18. The Morgan fingerprint density at radius 1 is 1.14 bits per heavy atom. The summed E-state index contributed by atoms with van der Waals surface area (Å²) in [6.45, 7) is 0.731. The van der Waals surface area contributed by atoms with Crippen molar-refractivity contribution in [3.8, 4) is 0 Å². The summed E-state index contributed by atoms with van der Waals surface area (Å²) in [6, 6.07) is 16.2. The molecule has 6 nitrogen and oxygen atoms in total. The van der Waals surface area contributed by atoms with E-state index < -0.39 is 0 Å². The van der Waals surface area contributed by atoms with Crippen molar-refractivity contribution < 1.29 is 9.21 Å². The van der Waals surface area contributed by atoms with Crippen LogP contribution in [-0.4, -0.2) is 33.4 Å². The molecule has 0 saturated carbocycles. The minimum atomic E-state index is 0.0614. The van der Waals surface area contributed by atoms with E-state index >= 15 is 0 Å². The van der Waals surface area contributed by atoms with Crippen LogP contribution in [0, 0.1) is 0 Å². The summed E-state index contributed by atoms with van der Waals surface area (Å²) in [7, 11) is 0. The number of hydrogen-bond donors (Lipinski definition) is 1. The number of H-pyrrole nitrogens is 1. The van der Waals surface area contributed by atoms with Crippen LogP contribution in [0.15, 0.2) is 64.4 Å². The normalized spacial score (nSPS) is 13.2. The number of fused-ring (bicyclic) bond motifs is 2. The van der Waals surface area contributed by atoms with Gasteiger partial charge >= 0.3 is 0 Å². The minimum Gasteiger partial charge on any atom is -0.416 e. The molecule has 1 N–H and O–H groups in total. The number of amides is 1. The molecule has 0 aliphatic carbocycles. The van der Waals surface area contributed by atoms with Crippen LogP contribution in [0.4, 0.5) is 5.69 Å². The zero-order valence-corrected chi connectivity index (χ0v) is 15.9. The molecular formula is C21H18N4O2S. The highest BCUT2D eigenvalue weighted by Gasteiger charge is 2.24. The van der Waals surface area contributed by atoms with Crippen LogP contribution in [-0.2, 0) is 17.6 Å². The fourth-order valence-electron chi connectivity index (χ4n) is 3.61. The number of carbonyl (C=O) groups is 1. The van der Waals surface area contributed by atoms with Gasteiger partial charge in [-0.2, -0.15) is 0 Å². The Morgan fingerprint density at radius 3 is 2.96 bits per heavy atom. The van der Waals surface area contributed by atoms with Crippen LogP contribution < -0.4 is 4.90 Å². The Hall–Kier alpha value is -3.06. The molecule has 0 atom stereocenters. The average molecular weight is 390 g/mol. The Kier molecular flexibility index (Phi) is 4.37. The van der Waals surface area contributed by atoms with Crippen LogP contribution in [0.5, 0.6) is 0 Å². The third-order valence-electron chi connectivity index (χ3n) is 4.97. The summed E-state index contributed by atoms with van der Waals surface area (Å²) in [6.07, 6.45) is 3.43. The molecule has 1 aliphatic heterocycles. The van der Waals surface area contributed by atoms with Crippen LogP contribution in [0.25, 0.3) is 10.9 Å². The molecule has 1 aliphatic rings. The van der Waals surface area contributed by atoms with Gasteiger partial charge in [0.1, 0.15) is 0 Å². The molecule has 140 valence electrons. The number of aromatic amines is 1. The Labute approximate surface area is 166 Å². The van der Waals surface area contributed by atoms with Crippen molar-refractivity contribution in [3.63, 3.8) is 0 Å². The van der Waals surface area contributed by atoms with Crippen molar-refractivity contribution in [1.82, 2.24) is 15.2 Å². The number of para-hydroxylation sites is 2. The van der Waals surface area contributed by atoms with Crippen molar-refractivity contribution in [2.75, 3.05) is 17.2 Å². The summed E-state index contributed by atoms with van der Waals surface area (Å²) in [5.74, 6) is 0.890. The Bertz CT molecular complexity index is 1150. The van der Waals surface area contributed by atoms with E-state index in [2.05, 4.69) is 27.3 Å². The van der Waals surface area contributed by atoms with Gasteiger partial charge in [0.2, 0.25) is 11.8 Å². The van der Waals surface area contributed by atoms with Crippen LogP contribution in [0.1, 0.15) is 17.0 Å². The number of carbonyl (C=O) groups excluding carboxylic acids is 1. The zero-order valence-electron chi connectivity index (χ0n) is 15.1. The summed E-state index contributed by atoms with van der Waals surface area (Å²) >= 11 is 1.29. The Morgan fingerprint density at radius 2 is 2.00 bits per heavy atom. The van der Waals surface area contributed by atoms with Crippen molar-refractivity contribution in [3.05, 3.63) is 71.7 Å². The maximum absolute atomic E-state index is 12.6. The molecule has 0 unspecified atom stereocenters. The highest BCUT2D eigenvalue weighted by atomic mass is 32.2.